The molecule has 5 nitrogen and oxygen atoms in total. The third-order valence-corrected chi connectivity index (χ3v) is 0.158. The highest BCUT2D eigenvalue weighted by Crippen LogP contribution is 1.64. The molecule has 0 bridgehead atoms. The smallest absolute Gasteiger partial charge is 0.262 e. The van der Waals surface area contributed by atoms with Crippen molar-refractivity contribution in [3.05, 3.63) is 10.1 Å². The van der Waals surface area contributed by atoms with Crippen molar-refractivity contribution in [3.63, 3.8) is 0 Å². The van der Waals surface area contributed by atoms with Gasteiger partial charge in [0.1, 0.15) is 0 Å². The molecule has 0 unspecified atom stereocenters. The van der Waals surface area contributed by atoms with E-state index in [0.717, 1.165) is 0 Å². The Labute approximate surface area is 33.2 Å². The fourth-order valence-corrected chi connectivity index (χ4v) is 0.0430. The van der Waals surface area contributed by atoms with E-state index in [1.165, 1.54) is 0 Å². The molecule has 0 spiro atoms. The Kier molecular flexibility index (Phi) is 2.26. The first-order valence-electron chi connectivity index (χ1n) is 1.14. The van der Waals surface area contributed by atoms with Gasteiger partial charge in [-0.15, -0.1) is 4.89 Å². The summed E-state index contributed by atoms with van der Waals surface area (Å²) in [5.74, 6) is 0. The molecule has 5 heteroatoms. The van der Waals surface area contributed by atoms with E-state index in [1.807, 2.05) is 0 Å². The lowest BCUT2D eigenvalue weighted by Gasteiger charge is -1.78. The van der Waals surface area contributed by atoms with Gasteiger partial charge < -0.3 is 0 Å². The minimum atomic E-state index is -0.958. The Balaban J connectivity index is 2.83. The van der Waals surface area contributed by atoms with Crippen molar-refractivity contribution in [2.24, 2.45) is 0 Å². The van der Waals surface area contributed by atoms with Gasteiger partial charge in [-0.05, 0) is 5.26 Å². The molecule has 0 amide bonds. The van der Waals surface area contributed by atoms with E-state index in [-0.39, 0.29) is 0 Å². The molecule has 35 valence electrons. The molecule has 0 N–H and O–H groups in total. The maximum Gasteiger partial charge on any atom is 0.336 e. The van der Waals surface area contributed by atoms with Gasteiger partial charge in [0.15, 0.2) is 0 Å². The number of rotatable bonds is 2. The second-order valence-electron chi connectivity index (χ2n) is 0.580. The molecule has 0 aliphatic heterocycles. The third-order valence-electron chi connectivity index (χ3n) is 0.158. The first kappa shape index (κ1) is 5.32. The van der Waals surface area contributed by atoms with E-state index in [9.17, 15) is 0 Å². The van der Waals surface area contributed by atoms with E-state index in [0.29, 0.717) is 0 Å². The summed E-state index contributed by atoms with van der Waals surface area (Å²) in [6, 6.07) is 0. The van der Waals surface area contributed by atoms with Crippen LogP contribution in [0.1, 0.15) is 0 Å². The lowest BCUT2D eigenvalue weighted by atomic mass is 11.4. The van der Waals surface area contributed by atoms with Crippen molar-refractivity contribution in [2.75, 3.05) is 6.73 Å². The summed E-state index contributed by atoms with van der Waals surface area (Å²) in [7, 11) is 0. The SMILES string of the molecule is [O]OC[N+](=O)[O-]. The van der Waals surface area contributed by atoms with Crippen LogP contribution >= 0.6 is 0 Å². The summed E-state index contributed by atoms with van der Waals surface area (Å²) in [6.45, 7) is -0.958. The minimum absolute atomic E-state index is 0.854. The van der Waals surface area contributed by atoms with Crippen molar-refractivity contribution in [1.82, 2.24) is 0 Å². The van der Waals surface area contributed by atoms with Crippen molar-refractivity contribution in [1.29, 1.82) is 0 Å². The molecule has 0 heterocycles. The molecule has 0 aromatic carbocycles. The van der Waals surface area contributed by atoms with Crippen LogP contribution in [0.2, 0.25) is 0 Å². The molecule has 0 aliphatic carbocycles. The third kappa shape index (κ3) is 3.32. The van der Waals surface area contributed by atoms with Gasteiger partial charge in [-0.3, -0.25) is 10.1 Å². The monoisotopic (exact) mass is 92.0 g/mol. The average molecular weight is 92.0 g/mol. The van der Waals surface area contributed by atoms with Crippen molar-refractivity contribution in [3.8, 4) is 0 Å². The van der Waals surface area contributed by atoms with Gasteiger partial charge >= 0.3 is 6.73 Å². The van der Waals surface area contributed by atoms with Gasteiger partial charge in [0.05, 0.1) is 4.92 Å². The molecular formula is CH2NO4. The summed E-state index contributed by atoms with van der Waals surface area (Å²) < 4.78 is 0. The predicted molar refractivity (Wildman–Crippen MR) is 13.6 cm³/mol. The maximum absolute atomic E-state index is 9.08. The van der Waals surface area contributed by atoms with Crippen LogP contribution in [0.5, 0.6) is 0 Å². The highest BCUT2D eigenvalue weighted by Gasteiger charge is 1.89. The number of hydrogen-bond donors (Lipinski definition) is 0. The highest BCUT2D eigenvalue weighted by molar-refractivity contribution is 3.97. The molecular weight excluding hydrogens is 90.0 g/mol. The summed E-state index contributed by atoms with van der Waals surface area (Å²) in [4.78, 5) is 11.1. The second-order valence-corrected chi connectivity index (χ2v) is 0.580. The van der Waals surface area contributed by atoms with Crippen LogP contribution in [0.3, 0.4) is 0 Å². The zero-order chi connectivity index (χ0) is 4.99. The number of hydrogen-bond acceptors (Lipinski definition) is 3. The summed E-state index contributed by atoms with van der Waals surface area (Å²) in [6.07, 6.45) is 0. The van der Waals surface area contributed by atoms with E-state index in [4.69, 9.17) is 15.4 Å². The standard InChI is InChI=1S/CH2NO4/c3-2(4)1-6-5/h1H2. The summed E-state index contributed by atoms with van der Waals surface area (Å²) in [5.41, 5.74) is 0. The minimum Gasteiger partial charge on any atom is -0.262 e. The zero-order valence-electron chi connectivity index (χ0n) is 2.79. The van der Waals surface area contributed by atoms with Crippen LogP contribution in [-0.2, 0) is 10.1 Å². The van der Waals surface area contributed by atoms with E-state index in [1.54, 1.807) is 0 Å². The van der Waals surface area contributed by atoms with E-state index in [2.05, 4.69) is 4.89 Å². The van der Waals surface area contributed by atoms with E-state index < -0.39 is 11.7 Å². The maximum atomic E-state index is 9.08. The topological polar surface area (TPSA) is 72.3 Å². The molecule has 0 aromatic rings. The van der Waals surface area contributed by atoms with Gasteiger partial charge in [-0.25, -0.2) is 0 Å². The van der Waals surface area contributed by atoms with Gasteiger partial charge in [0.2, 0.25) is 0 Å². The Bertz CT molecular complexity index is 51.5. The van der Waals surface area contributed by atoms with Crippen LogP contribution in [0.25, 0.3) is 0 Å². The Hall–Kier alpha value is -0.680. The van der Waals surface area contributed by atoms with Gasteiger partial charge in [0.25, 0.3) is 0 Å². The highest BCUT2D eigenvalue weighted by atomic mass is 17.1. The Morgan fingerprint density at radius 3 is 2.33 bits per heavy atom. The molecule has 1 radical (unpaired) electrons. The first-order chi connectivity index (χ1) is 2.77. The van der Waals surface area contributed by atoms with Gasteiger partial charge in [0, 0.05) is 0 Å². The molecule has 0 saturated heterocycles. The first-order valence-corrected chi connectivity index (χ1v) is 1.14. The molecule has 0 aliphatic rings. The molecule has 0 atom stereocenters. The van der Waals surface area contributed by atoms with Crippen LogP contribution in [0.15, 0.2) is 0 Å². The molecule has 0 fully saturated rings. The predicted octanol–water partition coefficient (Wildman–Crippen LogP) is -0.417. The van der Waals surface area contributed by atoms with Crippen molar-refractivity contribution in [2.45, 2.75) is 0 Å². The second kappa shape index (κ2) is 2.55. The van der Waals surface area contributed by atoms with Crippen LogP contribution in [-0.4, -0.2) is 11.7 Å². The largest absolute Gasteiger partial charge is 0.336 e. The molecule has 6 heavy (non-hydrogen) atoms. The van der Waals surface area contributed by atoms with Crippen molar-refractivity contribution < 1.29 is 15.1 Å². The van der Waals surface area contributed by atoms with Crippen LogP contribution < -0.4 is 0 Å². The Morgan fingerprint density at radius 1 is 1.83 bits per heavy atom. The van der Waals surface area contributed by atoms with E-state index >= 15 is 0 Å². The Morgan fingerprint density at radius 2 is 2.33 bits per heavy atom. The van der Waals surface area contributed by atoms with Crippen LogP contribution in [0, 0.1) is 10.1 Å². The number of nitro groups is 1. The average Bonchev–Trinajstić information content (AvgIpc) is 1.35. The molecule has 0 rings (SSSR count). The van der Waals surface area contributed by atoms with Crippen molar-refractivity contribution >= 4 is 0 Å². The zero-order valence-corrected chi connectivity index (χ0v) is 2.79. The lowest BCUT2D eigenvalue weighted by Crippen LogP contribution is -2.00. The van der Waals surface area contributed by atoms with Gasteiger partial charge in [-0.1, -0.05) is 0 Å². The normalized spacial score (nSPS) is 8.17. The molecule has 0 aromatic heterocycles. The fraction of sp³-hybridized carbons (Fsp3) is 1.00. The van der Waals surface area contributed by atoms with Gasteiger partial charge in [-0.2, -0.15) is 0 Å². The number of nitrogens with zero attached hydrogens (tertiary/aromatic N) is 1. The fourth-order valence-electron chi connectivity index (χ4n) is 0.0430. The summed E-state index contributed by atoms with van der Waals surface area (Å²) in [5, 5.41) is 17.9. The quantitative estimate of drug-likeness (QED) is 0.201. The molecule has 0 saturated carbocycles. The lowest BCUT2D eigenvalue weighted by molar-refractivity contribution is -0.577. The summed E-state index contributed by atoms with van der Waals surface area (Å²) >= 11 is 0. The van der Waals surface area contributed by atoms with Crippen LogP contribution in [0.4, 0.5) is 0 Å².